The van der Waals surface area contributed by atoms with E-state index in [1.807, 2.05) is 0 Å². The minimum atomic E-state index is -0.992. The molecule has 0 spiro atoms. The number of carboxylic acid groups (broad SMARTS) is 1. The molecule has 2 aromatic heterocycles. The third-order valence-corrected chi connectivity index (χ3v) is 3.49. The zero-order valence-corrected chi connectivity index (χ0v) is 9.66. The van der Waals surface area contributed by atoms with Crippen LogP contribution in [0.1, 0.15) is 10.4 Å². The number of halogens is 1. The highest BCUT2D eigenvalue weighted by Crippen LogP contribution is 2.34. The number of carbonyl (C=O) groups is 1. The van der Waals surface area contributed by atoms with Gasteiger partial charge in [-0.25, -0.2) is 4.79 Å². The molecule has 0 aliphatic carbocycles. The Kier molecular flexibility index (Phi) is 2.95. The molecule has 0 aliphatic heterocycles. The first-order valence-corrected chi connectivity index (χ1v) is 6.08. The van der Waals surface area contributed by atoms with Crippen molar-refractivity contribution in [2.45, 2.75) is 0 Å². The predicted molar refractivity (Wildman–Crippen MR) is 60.7 cm³/mol. The van der Waals surface area contributed by atoms with Crippen molar-refractivity contribution >= 4 is 40.2 Å². The van der Waals surface area contributed by atoms with Gasteiger partial charge in [0.15, 0.2) is 10.8 Å². The van der Waals surface area contributed by atoms with E-state index in [2.05, 4.69) is 0 Å². The van der Waals surface area contributed by atoms with Gasteiger partial charge in [-0.1, -0.05) is 11.6 Å². The Labute approximate surface area is 98.5 Å². The zero-order chi connectivity index (χ0) is 10.8. The van der Waals surface area contributed by atoms with Gasteiger partial charge in [-0.15, -0.1) is 22.7 Å². The van der Waals surface area contributed by atoms with E-state index in [4.69, 9.17) is 21.4 Å². The van der Waals surface area contributed by atoms with Crippen molar-refractivity contribution in [2.75, 3.05) is 0 Å². The molecule has 0 amide bonds. The summed E-state index contributed by atoms with van der Waals surface area (Å²) < 4.78 is 5.40. The van der Waals surface area contributed by atoms with Crippen LogP contribution in [0.5, 0.6) is 10.8 Å². The van der Waals surface area contributed by atoms with Gasteiger partial charge >= 0.3 is 5.97 Å². The molecular weight excluding hydrogens is 256 g/mol. The number of rotatable bonds is 3. The third kappa shape index (κ3) is 2.31. The fourth-order valence-electron chi connectivity index (χ4n) is 0.977. The summed E-state index contributed by atoms with van der Waals surface area (Å²) >= 11 is 8.33. The van der Waals surface area contributed by atoms with Crippen molar-refractivity contribution in [2.24, 2.45) is 0 Å². The lowest BCUT2D eigenvalue weighted by Crippen LogP contribution is -1.95. The molecular formula is C9H5ClO3S2. The molecule has 0 aromatic carbocycles. The van der Waals surface area contributed by atoms with Gasteiger partial charge in [0, 0.05) is 22.2 Å². The lowest BCUT2D eigenvalue weighted by molar-refractivity contribution is 0.0695. The van der Waals surface area contributed by atoms with E-state index in [0.717, 1.165) is 0 Å². The number of thiophene rings is 2. The number of hydrogen-bond donors (Lipinski definition) is 1. The summed E-state index contributed by atoms with van der Waals surface area (Å²) in [5.41, 5.74) is 0.171. The zero-order valence-electron chi connectivity index (χ0n) is 7.27. The van der Waals surface area contributed by atoms with E-state index in [1.165, 1.54) is 28.1 Å². The van der Waals surface area contributed by atoms with Crippen molar-refractivity contribution in [3.63, 3.8) is 0 Å². The molecule has 2 rings (SSSR count). The maximum atomic E-state index is 10.8. The molecule has 78 valence electrons. The molecule has 0 saturated heterocycles. The van der Waals surface area contributed by atoms with Gasteiger partial charge in [0.1, 0.15) is 5.56 Å². The fraction of sp³-hybridized carbons (Fsp3) is 0. The average Bonchev–Trinajstić information content (AvgIpc) is 2.75. The first kappa shape index (κ1) is 10.5. The number of aromatic carboxylic acids is 1. The van der Waals surface area contributed by atoms with Crippen molar-refractivity contribution in [3.05, 3.63) is 32.8 Å². The Bertz CT molecular complexity index is 489. The highest BCUT2D eigenvalue weighted by atomic mass is 35.5. The Morgan fingerprint density at radius 2 is 2.20 bits per heavy atom. The quantitative estimate of drug-likeness (QED) is 0.909. The van der Waals surface area contributed by atoms with E-state index < -0.39 is 5.97 Å². The molecule has 15 heavy (non-hydrogen) atoms. The monoisotopic (exact) mass is 260 g/mol. The normalized spacial score (nSPS) is 10.2. The summed E-state index contributed by atoms with van der Waals surface area (Å²) in [7, 11) is 0. The summed E-state index contributed by atoms with van der Waals surface area (Å²) in [4.78, 5) is 10.8. The van der Waals surface area contributed by atoms with Crippen LogP contribution in [0.2, 0.25) is 5.02 Å². The SMILES string of the molecule is O=C(O)c1cscc1Oc1cc(Cl)cs1. The van der Waals surface area contributed by atoms with Crippen LogP contribution >= 0.6 is 34.3 Å². The lowest BCUT2D eigenvalue weighted by atomic mass is 10.3. The maximum absolute atomic E-state index is 10.8. The van der Waals surface area contributed by atoms with Gasteiger partial charge in [-0.2, -0.15) is 0 Å². The topological polar surface area (TPSA) is 46.5 Å². The van der Waals surface area contributed by atoms with Crippen LogP contribution in [-0.2, 0) is 0 Å². The summed E-state index contributed by atoms with van der Waals surface area (Å²) in [6.07, 6.45) is 0. The Hall–Kier alpha value is -1.04. The predicted octanol–water partition coefficient (Wildman–Crippen LogP) is 3.95. The van der Waals surface area contributed by atoms with E-state index in [0.29, 0.717) is 15.8 Å². The minimum Gasteiger partial charge on any atom is -0.478 e. The van der Waals surface area contributed by atoms with Crippen LogP contribution in [-0.4, -0.2) is 11.1 Å². The summed E-state index contributed by atoms with van der Waals surface area (Å²) in [6, 6.07) is 1.65. The molecule has 0 bridgehead atoms. The second-order valence-corrected chi connectivity index (χ2v) is 4.69. The van der Waals surface area contributed by atoms with Crippen LogP contribution < -0.4 is 4.74 Å². The van der Waals surface area contributed by atoms with Crippen molar-refractivity contribution in [3.8, 4) is 10.8 Å². The average molecular weight is 261 g/mol. The molecule has 0 atom stereocenters. The summed E-state index contributed by atoms with van der Waals surface area (Å²) in [6.45, 7) is 0. The fourth-order valence-corrected chi connectivity index (χ4v) is 2.62. The molecule has 0 aliphatic rings. The van der Waals surface area contributed by atoms with Crippen LogP contribution in [0.15, 0.2) is 22.2 Å². The van der Waals surface area contributed by atoms with E-state index in [-0.39, 0.29) is 5.56 Å². The van der Waals surface area contributed by atoms with E-state index in [9.17, 15) is 4.79 Å². The largest absolute Gasteiger partial charge is 0.478 e. The van der Waals surface area contributed by atoms with Crippen molar-refractivity contribution < 1.29 is 14.6 Å². The summed E-state index contributed by atoms with van der Waals surface area (Å²) in [5, 5.41) is 14.9. The third-order valence-electron chi connectivity index (χ3n) is 1.61. The molecule has 0 radical (unpaired) electrons. The molecule has 1 N–H and O–H groups in total. The van der Waals surface area contributed by atoms with Crippen molar-refractivity contribution in [1.82, 2.24) is 0 Å². The first-order valence-electron chi connectivity index (χ1n) is 3.88. The molecule has 2 aromatic rings. The Balaban J connectivity index is 2.24. The van der Waals surface area contributed by atoms with Crippen LogP contribution in [0.4, 0.5) is 0 Å². The molecule has 0 fully saturated rings. The first-order chi connectivity index (χ1) is 7.16. The summed E-state index contributed by atoms with van der Waals surface area (Å²) in [5.74, 6) is -0.639. The number of ether oxygens (including phenoxy) is 1. The molecule has 6 heteroatoms. The van der Waals surface area contributed by atoms with E-state index in [1.54, 1.807) is 16.8 Å². The minimum absolute atomic E-state index is 0.171. The van der Waals surface area contributed by atoms with Crippen LogP contribution in [0.25, 0.3) is 0 Å². The van der Waals surface area contributed by atoms with Gasteiger partial charge in [0.25, 0.3) is 0 Å². The maximum Gasteiger partial charge on any atom is 0.340 e. The second-order valence-electron chi connectivity index (χ2n) is 2.64. The number of hydrogen-bond acceptors (Lipinski definition) is 4. The van der Waals surface area contributed by atoms with Gasteiger partial charge in [-0.05, 0) is 0 Å². The number of carboxylic acids is 1. The van der Waals surface area contributed by atoms with Gasteiger partial charge in [0.05, 0.1) is 5.02 Å². The molecule has 0 saturated carbocycles. The standard InChI is InChI=1S/C9H5ClO3S2/c10-5-1-8(15-2-5)13-7-4-14-3-6(7)9(11)12/h1-4H,(H,11,12). The van der Waals surface area contributed by atoms with Gasteiger partial charge in [0.2, 0.25) is 0 Å². The van der Waals surface area contributed by atoms with E-state index >= 15 is 0 Å². The Morgan fingerprint density at radius 1 is 1.40 bits per heavy atom. The van der Waals surface area contributed by atoms with Gasteiger partial charge < -0.3 is 9.84 Å². The van der Waals surface area contributed by atoms with Gasteiger partial charge in [-0.3, -0.25) is 0 Å². The van der Waals surface area contributed by atoms with Crippen molar-refractivity contribution in [1.29, 1.82) is 0 Å². The highest BCUT2D eigenvalue weighted by Gasteiger charge is 2.13. The smallest absolute Gasteiger partial charge is 0.340 e. The van der Waals surface area contributed by atoms with Crippen LogP contribution in [0, 0.1) is 0 Å². The van der Waals surface area contributed by atoms with Crippen LogP contribution in [0.3, 0.4) is 0 Å². The Morgan fingerprint density at radius 3 is 2.80 bits per heavy atom. The second kappa shape index (κ2) is 4.22. The molecule has 2 heterocycles. The molecule has 3 nitrogen and oxygen atoms in total. The highest BCUT2D eigenvalue weighted by molar-refractivity contribution is 7.12. The lowest BCUT2D eigenvalue weighted by Gasteiger charge is -2.00. The molecule has 0 unspecified atom stereocenters.